The van der Waals surface area contributed by atoms with Crippen LogP contribution in [0.3, 0.4) is 0 Å². The highest BCUT2D eigenvalue weighted by Gasteiger charge is 2.61. The van der Waals surface area contributed by atoms with Gasteiger partial charge < -0.3 is 20.1 Å². The number of nitrogens with zero attached hydrogens (tertiary/aromatic N) is 1. The molecule has 1 saturated carbocycles. The number of hydrogen-bond donors (Lipinski definition) is 2. The van der Waals surface area contributed by atoms with Crippen molar-refractivity contribution in [1.82, 2.24) is 10.2 Å². The average Bonchev–Trinajstić information content (AvgIpc) is 2.26. The Morgan fingerprint density at radius 3 is 2.50 bits per heavy atom. The molecule has 1 rings (SSSR count). The molecule has 0 saturated heterocycles. The fourth-order valence-electron chi connectivity index (χ4n) is 2.59. The Hall–Kier alpha value is -0.650. The minimum absolute atomic E-state index is 0.0528. The van der Waals surface area contributed by atoms with Gasteiger partial charge in [-0.15, -0.1) is 0 Å². The summed E-state index contributed by atoms with van der Waals surface area (Å²) in [5.74, 6) is -0.0583. The lowest BCUT2D eigenvalue weighted by atomic mass is 9.54. The summed E-state index contributed by atoms with van der Waals surface area (Å²) in [4.78, 5) is 13.7. The fourth-order valence-corrected chi connectivity index (χ4v) is 2.59. The van der Waals surface area contributed by atoms with Gasteiger partial charge in [-0.25, -0.2) is 0 Å². The summed E-state index contributed by atoms with van der Waals surface area (Å²) in [6, 6.07) is 0. The lowest BCUT2D eigenvalue weighted by molar-refractivity contribution is -0.181. The zero-order valence-electron chi connectivity index (χ0n) is 12.1. The van der Waals surface area contributed by atoms with Crippen molar-refractivity contribution < 1.29 is 14.6 Å². The van der Waals surface area contributed by atoms with Gasteiger partial charge in [-0.1, -0.05) is 13.8 Å². The summed E-state index contributed by atoms with van der Waals surface area (Å²) in [7, 11) is 3.69. The van der Waals surface area contributed by atoms with Gasteiger partial charge in [0.05, 0.1) is 24.8 Å². The van der Waals surface area contributed by atoms with E-state index < -0.39 is 5.54 Å². The molecular weight excluding hydrogens is 232 g/mol. The number of amides is 1. The normalized spacial score (nSPS) is 30.1. The van der Waals surface area contributed by atoms with Crippen molar-refractivity contribution in [2.75, 3.05) is 33.9 Å². The third-order valence-corrected chi connectivity index (χ3v) is 4.05. The van der Waals surface area contributed by atoms with Gasteiger partial charge in [-0.3, -0.25) is 4.79 Å². The number of carbonyl (C=O) groups excluding carboxylic acids is 1. The van der Waals surface area contributed by atoms with E-state index in [1.165, 1.54) is 0 Å². The zero-order valence-corrected chi connectivity index (χ0v) is 12.1. The van der Waals surface area contributed by atoms with Gasteiger partial charge in [0.25, 0.3) is 0 Å². The number of likely N-dealkylation sites (N-methyl/N-ethyl adjacent to an activating group) is 1. The number of ether oxygens (including phenoxy) is 1. The van der Waals surface area contributed by atoms with E-state index >= 15 is 0 Å². The van der Waals surface area contributed by atoms with Crippen LogP contribution in [0.25, 0.3) is 0 Å². The van der Waals surface area contributed by atoms with E-state index in [1.54, 1.807) is 0 Å². The highest BCUT2D eigenvalue weighted by molar-refractivity contribution is 5.79. The Morgan fingerprint density at radius 2 is 2.11 bits per heavy atom. The maximum Gasteiger partial charge on any atom is 0.234 e. The number of carbonyl (C=O) groups is 1. The molecule has 5 nitrogen and oxygen atoms in total. The largest absolute Gasteiger partial charge is 0.394 e. The van der Waals surface area contributed by atoms with Crippen LogP contribution in [0.15, 0.2) is 0 Å². The highest BCUT2D eigenvalue weighted by atomic mass is 16.5. The Balaban J connectivity index is 2.69. The Morgan fingerprint density at radius 1 is 1.50 bits per heavy atom. The van der Waals surface area contributed by atoms with Crippen molar-refractivity contribution in [1.29, 1.82) is 0 Å². The molecule has 2 N–H and O–H groups in total. The lowest BCUT2D eigenvalue weighted by Crippen LogP contribution is -2.74. The van der Waals surface area contributed by atoms with E-state index in [0.29, 0.717) is 19.6 Å². The number of rotatable bonds is 6. The predicted molar refractivity (Wildman–Crippen MR) is 70.3 cm³/mol. The summed E-state index contributed by atoms with van der Waals surface area (Å²) < 4.78 is 5.64. The molecule has 0 aromatic carbocycles. The van der Waals surface area contributed by atoms with Crippen molar-refractivity contribution in [3.8, 4) is 0 Å². The molecular formula is C13H26N2O3. The minimum atomic E-state index is -0.556. The molecule has 0 aliphatic heterocycles. The van der Waals surface area contributed by atoms with Crippen LogP contribution in [0, 0.1) is 5.41 Å². The van der Waals surface area contributed by atoms with Crippen LogP contribution in [0.1, 0.15) is 27.2 Å². The minimum Gasteiger partial charge on any atom is -0.394 e. The van der Waals surface area contributed by atoms with Gasteiger partial charge >= 0.3 is 0 Å². The second kappa shape index (κ2) is 5.55. The van der Waals surface area contributed by atoms with Crippen LogP contribution < -0.4 is 5.32 Å². The third kappa shape index (κ3) is 2.68. The third-order valence-electron chi connectivity index (χ3n) is 4.05. The summed E-state index contributed by atoms with van der Waals surface area (Å²) in [6.07, 6.45) is 0.762. The summed E-state index contributed by atoms with van der Waals surface area (Å²) >= 11 is 0. The summed E-state index contributed by atoms with van der Waals surface area (Å²) in [6.45, 7) is 6.95. The van der Waals surface area contributed by atoms with Gasteiger partial charge in [-0.2, -0.15) is 0 Å². The van der Waals surface area contributed by atoms with E-state index in [4.69, 9.17) is 4.74 Å². The first kappa shape index (κ1) is 15.4. The molecule has 0 radical (unpaired) electrons. The van der Waals surface area contributed by atoms with Crippen LogP contribution in [0.5, 0.6) is 0 Å². The van der Waals surface area contributed by atoms with Crippen molar-refractivity contribution in [3.63, 3.8) is 0 Å². The molecule has 0 aromatic heterocycles. The summed E-state index contributed by atoms with van der Waals surface area (Å²) in [5, 5.41) is 12.6. The molecule has 0 heterocycles. The van der Waals surface area contributed by atoms with Crippen LogP contribution in [-0.2, 0) is 9.53 Å². The van der Waals surface area contributed by atoms with Crippen molar-refractivity contribution in [2.24, 2.45) is 5.41 Å². The van der Waals surface area contributed by atoms with E-state index in [0.717, 1.165) is 0 Å². The van der Waals surface area contributed by atoms with Crippen LogP contribution in [-0.4, -0.2) is 61.4 Å². The van der Waals surface area contributed by atoms with E-state index in [9.17, 15) is 9.90 Å². The Kier molecular flexibility index (Phi) is 4.75. The molecule has 1 aliphatic rings. The Bertz CT molecular complexity index is 305. The maximum absolute atomic E-state index is 11.9. The van der Waals surface area contributed by atoms with Gasteiger partial charge in [0.1, 0.15) is 0 Å². The molecule has 0 unspecified atom stereocenters. The van der Waals surface area contributed by atoms with E-state index in [1.807, 2.05) is 39.8 Å². The van der Waals surface area contributed by atoms with Gasteiger partial charge in [0.15, 0.2) is 0 Å². The number of hydrogen-bond acceptors (Lipinski definition) is 4. The molecule has 106 valence electrons. The molecule has 1 fully saturated rings. The topological polar surface area (TPSA) is 61.8 Å². The molecule has 1 amide bonds. The first-order chi connectivity index (χ1) is 8.29. The van der Waals surface area contributed by atoms with E-state index in [-0.39, 0.29) is 24.0 Å². The predicted octanol–water partition coefficient (Wildman–Crippen LogP) is 0.230. The lowest BCUT2D eigenvalue weighted by Gasteiger charge is -2.60. The average molecular weight is 258 g/mol. The molecule has 2 atom stereocenters. The smallest absolute Gasteiger partial charge is 0.234 e. The summed E-state index contributed by atoms with van der Waals surface area (Å²) in [5.41, 5.74) is -0.806. The van der Waals surface area contributed by atoms with Crippen molar-refractivity contribution >= 4 is 5.91 Å². The molecule has 0 spiro atoms. The Labute approximate surface area is 109 Å². The maximum atomic E-state index is 11.9. The molecule has 0 bridgehead atoms. The fraction of sp³-hybridized carbons (Fsp3) is 0.923. The van der Waals surface area contributed by atoms with Crippen LogP contribution in [0.2, 0.25) is 0 Å². The quantitative estimate of drug-likeness (QED) is 0.716. The molecule has 1 aliphatic carbocycles. The van der Waals surface area contributed by atoms with Crippen molar-refractivity contribution in [2.45, 2.75) is 38.8 Å². The first-order valence-corrected chi connectivity index (χ1v) is 6.47. The second-order valence-electron chi connectivity index (χ2n) is 5.90. The molecule has 18 heavy (non-hydrogen) atoms. The second-order valence-corrected chi connectivity index (χ2v) is 5.90. The molecule has 0 aromatic rings. The molecule has 5 heteroatoms. The standard InChI is InChI=1S/C13H26N2O3/c1-6-18-10-7-13(9-16,12(10,2)3)14-11(17)8-15(4)5/h10,16H,6-9H2,1-5H3,(H,14,17)/t10-,13+/m0/s1. The number of aliphatic hydroxyl groups excluding tert-OH is 1. The SMILES string of the molecule is CCO[C@H]1C[C@](CO)(NC(=O)CN(C)C)C1(C)C. The number of aliphatic hydroxyl groups is 1. The van der Waals surface area contributed by atoms with E-state index in [2.05, 4.69) is 5.32 Å². The monoisotopic (exact) mass is 258 g/mol. The first-order valence-electron chi connectivity index (χ1n) is 6.47. The van der Waals surface area contributed by atoms with Gasteiger partial charge in [-0.05, 0) is 21.0 Å². The van der Waals surface area contributed by atoms with Gasteiger partial charge in [0, 0.05) is 18.4 Å². The van der Waals surface area contributed by atoms with Crippen molar-refractivity contribution in [3.05, 3.63) is 0 Å². The van der Waals surface area contributed by atoms with Crippen LogP contribution in [0.4, 0.5) is 0 Å². The van der Waals surface area contributed by atoms with Crippen LogP contribution >= 0.6 is 0 Å². The number of nitrogens with one attached hydrogen (secondary N) is 1. The van der Waals surface area contributed by atoms with Gasteiger partial charge in [0.2, 0.25) is 5.91 Å². The highest BCUT2D eigenvalue weighted by Crippen LogP contribution is 2.51. The zero-order chi connectivity index (χ0) is 14.0.